The first-order chi connectivity index (χ1) is 5.26. The van der Waals surface area contributed by atoms with Crippen molar-refractivity contribution >= 4 is 0 Å². The molecule has 0 spiro atoms. The number of nitrogens with one attached hydrogen (secondary N) is 1. The molecule has 0 amide bonds. The molecule has 1 N–H and O–H groups in total. The van der Waals surface area contributed by atoms with Crippen LogP contribution in [0.25, 0.3) is 0 Å². The largest absolute Gasteiger partial charge is 0.301 e. The van der Waals surface area contributed by atoms with E-state index in [1.165, 1.54) is 0 Å². The summed E-state index contributed by atoms with van der Waals surface area (Å²) in [5.41, 5.74) is -0.268. The standard InChI is InChI=1S/C8H15N3/c1-3-11-5-4-8(6-9,7-11)10-2/h10H,3-5,7H2,1-2H3. The lowest BCUT2D eigenvalue weighted by Crippen LogP contribution is -2.43. The van der Waals surface area contributed by atoms with Gasteiger partial charge in [0.25, 0.3) is 0 Å². The molecule has 62 valence electrons. The number of hydrogen-bond acceptors (Lipinski definition) is 3. The van der Waals surface area contributed by atoms with Crippen LogP contribution in [-0.2, 0) is 0 Å². The van der Waals surface area contributed by atoms with Gasteiger partial charge >= 0.3 is 0 Å². The van der Waals surface area contributed by atoms with E-state index < -0.39 is 0 Å². The Hall–Kier alpha value is -0.590. The summed E-state index contributed by atoms with van der Waals surface area (Å²) in [5.74, 6) is 0. The molecule has 1 heterocycles. The Kier molecular flexibility index (Phi) is 2.48. The molecule has 1 fully saturated rings. The molecule has 0 aromatic carbocycles. The summed E-state index contributed by atoms with van der Waals surface area (Å²) in [5, 5.41) is 12.0. The highest BCUT2D eigenvalue weighted by Gasteiger charge is 2.35. The van der Waals surface area contributed by atoms with Gasteiger partial charge in [0.2, 0.25) is 0 Å². The van der Waals surface area contributed by atoms with Gasteiger partial charge in [0.1, 0.15) is 5.54 Å². The van der Waals surface area contributed by atoms with Crippen molar-refractivity contribution in [1.29, 1.82) is 5.26 Å². The summed E-state index contributed by atoms with van der Waals surface area (Å²) in [6, 6.07) is 2.34. The molecule has 1 saturated heterocycles. The van der Waals surface area contributed by atoms with E-state index in [9.17, 15) is 0 Å². The number of likely N-dealkylation sites (N-methyl/N-ethyl adjacent to an activating group) is 2. The molecule has 1 unspecified atom stereocenters. The predicted octanol–water partition coefficient (Wildman–Crippen LogP) is 0.194. The molecule has 1 aliphatic rings. The van der Waals surface area contributed by atoms with E-state index in [1.807, 2.05) is 7.05 Å². The minimum Gasteiger partial charge on any atom is -0.301 e. The second kappa shape index (κ2) is 3.21. The fraction of sp³-hybridized carbons (Fsp3) is 0.875. The van der Waals surface area contributed by atoms with Crippen molar-refractivity contribution in [2.24, 2.45) is 0 Å². The fourth-order valence-electron chi connectivity index (χ4n) is 1.51. The van der Waals surface area contributed by atoms with Crippen LogP contribution >= 0.6 is 0 Å². The molecule has 0 bridgehead atoms. The zero-order valence-corrected chi connectivity index (χ0v) is 7.22. The molecule has 11 heavy (non-hydrogen) atoms. The number of rotatable bonds is 2. The first kappa shape index (κ1) is 8.51. The Balaban J connectivity index is 2.57. The first-order valence-corrected chi connectivity index (χ1v) is 4.09. The van der Waals surface area contributed by atoms with E-state index in [4.69, 9.17) is 5.26 Å². The van der Waals surface area contributed by atoms with Crippen molar-refractivity contribution in [3.05, 3.63) is 0 Å². The van der Waals surface area contributed by atoms with Gasteiger partial charge in [-0.25, -0.2) is 0 Å². The Morgan fingerprint density at radius 3 is 2.73 bits per heavy atom. The number of likely N-dealkylation sites (tertiary alicyclic amines) is 1. The third kappa shape index (κ3) is 1.52. The van der Waals surface area contributed by atoms with Crippen LogP contribution in [0.2, 0.25) is 0 Å². The van der Waals surface area contributed by atoms with Crippen molar-refractivity contribution in [2.45, 2.75) is 18.9 Å². The van der Waals surface area contributed by atoms with Gasteiger partial charge in [-0.2, -0.15) is 5.26 Å². The normalized spacial score (nSPS) is 32.1. The van der Waals surface area contributed by atoms with Crippen molar-refractivity contribution in [3.63, 3.8) is 0 Å². The minimum atomic E-state index is -0.268. The molecule has 1 aliphatic heterocycles. The molecular weight excluding hydrogens is 138 g/mol. The van der Waals surface area contributed by atoms with Crippen LogP contribution < -0.4 is 5.32 Å². The van der Waals surface area contributed by atoms with E-state index in [0.29, 0.717) is 0 Å². The second-order valence-corrected chi connectivity index (χ2v) is 3.06. The number of hydrogen-bond donors (Lipinski definition) is 1. The Morgan fingerprint density at radius 1 is 1.73 bits per heavy atom. The van der Waals surface area contributed by atoms with Gasteiger partial charge in [-0.3, -0.25) is 0 Å². The van der Waals surface area contributed by atoms with Crippen LogP contribution in [0.3, 0.4) is 0 Å². The summed E-state index contributed by atoms with van der Waals surface area (Å²) in [6.45, 7) is 5.09. The third-order valence-corrected chi connectivity index (χ3v) is 2.49. The second-order valence-electron chi connectivity index (χ2n) is 3.06. The topological polar surface area (TPSA) is 39.1 Å². The van der Waals surface area contributed by atoms with Crippen molar-refractivity contribution in [1.82, 2.24) is 10.2 Å². The van der Waals surface area contributed by atoms with E-state index in [0.717, 1.165) is 26.1 Å². The number of nitrogens with zero attached hydrogens (tertiary/aromatic N) is 2. The van der Waals surface area contributed by atoms with E-state index >= 15 is 0 Å². The summed E-state index contributed by atoms with van der Waals surface area (Å²) in [6.07, 6.45) is 0.952. The average molecular weight is 153 g/mol. The highest BCUT2D eigenvalue weighted by atomic mass is 15.2. The maximum absolute atomic E-state index is 8.89. The van der Waals surface area contributed by atoms with Gasteiger partial charge in [0.15, 0.2) is 0 Å². The summed E-state index contributed by atoms with van der Waals surface area (Å²) in [7, 11) is 1.86. The summed E-state index contributed by atoms with van der Waals surface area (Å²) >= 11 is 0. The van der Waals surface area contributed by atoms with Gasteiger partial charge in [-0.05, 0) is 20.0 Å². The van der Waals surface area contributed by atoms with E-state index in [2.05, 4.69) is 23.2 Å². The first-order valence-electron chi connectivity index (χ1n) is 4.09. The molecule has 1 rings (SSSR count). The highest BCUT2D eigenvalue weighted by molar-refractivity contribution is 5.11. The van der Waals surface area contributed by atoms with Gasteiger partial charge in [-0.15, -0.1) is 0 Å². The van der Waals surface area contributed by atoms with Crippen molar-refractivity contribution in [3.8, 4) is 6.07 Å². The van der Waals surface area contributed by atoms with Crippen LogP contribution in [0.5, 0.6) is 0 Å². The average Bonchev–Trinajstić information content (AvgIpc) is 2.49. The maximum atomic E-state index is 8.89. The van der Waals surface area contributed by atoms with Crippen LogP contribution in [0.1, 0.15) is 13.3 Å². The van der Waals surface area contributed by atoms with Gasteiger partial charge in [-0.1, -0.05) is 6.92 Å². The quantitative estimate of drug-likeness (QED) is 0.615. The highest BCUT2D eigenvalue weighted by Crippen LogP contribution is 2.19. The SMILES string of the molecule is CCN1CCC(C#N)(NC)C1. The van der Waals surface area contributed by atoms with Crippen molar-refractivity contribution in [2.75, 3.05) is 26.7 Å². The summed E-state index contributed by atoms with van der Waals surface area (Å²) < 4.78 is 0. The molecule has 0 aliphatic carbocycles. The molecule has 3 nitrogen and oxygen atoms in total. The Labute approximate surface area is 68.0 Å². The van der Waals surface area contributed by atoms with E-state index in [-0.39, 0.29) is 5.54 Å². The zero-order chi connectivity index (χ0) is 8.32. The molecule has 3 heteroatoms. The fourth-order valence-corrected chi connectivity index (χ4v) is 1.51. The Bertz CT molecular complexity index is 173. The van der Waals surface area contributed by atoms with Crippen LogP contribution in [0, 0.1) is 11.3 Å². The predicted molar refractivity (Wildman–Crippen MR) is 44.1 cm³/mol. The lowest BCUT2D eigenvalue weighted by Gasteiger charge is -2.19. The zero-order valence-electron chi connectivity index (χ0n) is 7.22. The van der Waals surface area contributed by atoms with Gasteiger partial charge in [0.05, 0.1) is 6.07 Å². The van der Waals surface area contributed by atoms with Crippen LogP contribution in [0.15, 0.2) is 0 Å². The maximum Gasteiger partial charge on any atom is 0.120 e. The summed E-state index contributed by atoms with van der Waals surface area (Å²) in [4.78, 5) is 2.29. The van der Waals surface area contributed by atoms with Gasteiger partial charge in [0, 0.05) is 13.1 Å². The van der Waals surface area contributed by atoms with Crippen LogP contribution in [-0.4, -0.2) is 37.1 Å². The molecule has 0 saturated carbocycles. The third-order valence-electron chi connectivity index (χ3n) is 2.49. The van der Waals surface area contributed by atoms with Gasteiger partial charge < -0.3 is 10.2 Å². The molecule has 0 aromatic heterocycles. The number of nitriles is 1. The van der Waals surface area contributed by atoms with Crippen molar-refractivity contribution < 1.29 is 0 Å². The lowest BCUT2D eigenvalue weighted by molar-refractivity contribution is 0.332. The lowest BCUT2D eigenvalue weighted by atomic mass is 10.0. The minimum absolute atomic E-state index is 0.268. The monoisotopic (exact) mass is 153 g/mol. The molecule has 0 radical (unpaired) electrons. The Morgan fingerprint density at radius 2 is 2.45 bits per heavy atom. The molecular formula is C8H15N3. The van der Waals surface area contributed by atoms with E-state index in [1.54, 1.807) is 0 Å². The molecule has 1 atom stereocenters. The smallest absolute Gasteiger partial charge is 0.120 e. The van der Waals surface area contributed by atoms with Crippen LogP contribution in [0.4, 0.5) is 0 Å². The molecule has 0 aromatic rings.